The molecule has 0 aliphatic carbocycles. The summed E-state index contributed by atoms with van der Waals surface area (Å²) in [6, 6.07) is 0.571. The van der Waals surface area contributed by atoms with Crippen LogP contribution in [0.1, 0.15) is 72.2 Å². The molecule has 0 aromatic carbocycles. The van der Waals surface area contributed by atoms with E-state index in [0.717, 1.165) is 0 Å². The summed E-state index contributed by atoms with van der Waals surface area (Å²) >= 11 is -1.47. The van der Waals surface area contributed by atoms with Crippen molar-refractivity contribution in [3.8, 4) is 0 Å². The van der Waals surface area contributed by atoms with E-state index < -0.39 is 45.8 Å². The van der Waals surface area contributed by atoms with Crippen LogP contribution < -0.4 is 10.0 Å². The van der Waals surface area contributed by atoms with Gasteiger partial charge in [0.05, 0.1) is 23.0 Å². The number of carbonyl (C=O) groups is 1. The first-order valence-corrected chi connectivity index (χ1v) is 9.32. The predicted octanol–water partition coefficient (Wildman–Crippen LogP) is 4.48. The van der Waals surface area contributed by atoms with E-state index in [2.05, 4.69) is 15.0 Å². The first-order valence-electron chi connectivity index (χ1n) is 8.17. The highest BCUT2D eigenvalue weighted by molar-refractivity contribution is 7.90. The number of hydrogen-bond acceptors (Lipinski definition) is 5. The maximum atomic E-state index is 13.7. The van der Waals surface area contributed by atoms with Gasteiger partial charge in [-0.1, -0.05) is 0 Å². The summed E-state index contributed by atoms with van der Waals surface area (Å²) < 4.78 is 46.9. The van der Waals surface area contributed by atoms with Crippen molar-refractivity contribution in [2.24, 2.45) is 0 Å². The third-order valence-corrected chi connectivity index (χ3v) is 4.80. The zero-order valence-corrected chi connectivity index (χ0v) is 17.0. The number of pyridine rings is 1. The zero-order chi connectivity index (χ0) is 20.3. The highest BCUT2D eigenvalue weighted by Gasteiger charge is 2.31. The first kappa shape index (κ1) is 22.6. The van der Waals surface area contributed by atoms with E-state index in [9.17, 15) is 18.1 Å². The number of amides is 1. The number of halogens is 2. The summed E-state index contributed by atoms with van der Waals surface area (Å²) in [4.78, 5) is 15.9. The van der Waals surface area contributed by atoms with Gasteiger partial charge >= 0.3 is 6.09 Å². The van der Waals surface area contributed by atoms with Crippen molar-refractivity contribution in [1.29, 1.82) is 0 Å². The number of aromatic nitrogens is 1. The topological polar surface area (TPSA) is 86.3 Å². The lowest BCUT2D eigenvalue weighted by atomic mass is 10.1. The quantitative estimate of drug-likeness (QED) is 0.723. The lowest BCUT2D eigenvalue weighted by molar-refractivity contribution is 0.0635. The average molecular weight is 391 g/mol. The molecule has 1 amide bonds. The van der Waals surface area contributed by atoms with Crippen molar-refractivity contribution in [1.82, 2.24) is 9.71 Å². The minimum absolute atomic E-state index is 0.0196. The van der Waals surface area contributed by atoms with Gasteiger partial charge < -0.3 is 9.29 Å². The molecule has 0 aliphatic heterocycles. The summed E-state index contributed by atoms with van der Waals surface area (Å²) in [7, 11) is 0. The highest BCUT2D eigenvalue weighted by Crippen LogP contribution is 2.33. The van der Waals surface area contributed by atoms with Crippen molar-refractivity contribution in [3.05, 3.63) is 23.5 Å². The van der Waals surface area contributed by atoms with Crippen LogP contribution in [-0.2, 0) is 16.1 Å². The van der Waals surface area contributed by atoms with Gasteiger partial charge in [0, 0.05) is 17.6 Å². The van der Waals surface area contributed by atoms with E-state index in [1.807, 2.05) is 0 Å². The van der Waals surface area contributed by atoms with Gasteiger partial charge in [0.1, 0.15) is 10.3 Å². The molecule has 0 radical (unpaired) electrons. The summed E-state index contributed by atoms with van der Waals surface area (Å²) in [6.07, 6.45) is -2.40. The SMILES string of the molecule is C[C@@H](N[S@@+]([O-])C(C)(C)C)c1nccc(NC(=O)OC(C)(C)C)c1C(F)F. The molecule has 0 saturated carbocycles. The van der Waals surface area contributed by atoms with E-state index in [0.29, 0.717) is 0 Å². The van der Waals surface area contributed by atoms with Gasteiger partial charge in [-0.3, -0.25) is 10.3 Å². The van der Waals surface area contributed by atoms with E-state index in [-0.39, 0.29) is 11.4 Å². The molecular formula is C17H27F2N3O3S. The molecule has 0 unspecified atom stereocenters. The number of rotatable bonds is 5. The number of alkyl halides is 2. The van der Waals surface area contributed by atoms with Crippen LogP contribution in [0.2, 0.25) is 0 Å². The second kappa shape index (κ2) is 8.49. The minimum Gasteiger partial charge on any atom is -0.598 e. The second-order valence-electron chi connectivity index (χ2n) is 7.81. The molecule has 9 heteroatoms. The van der Waals surface area contributed by atoms with Gasteiger partial charge in [-0.15, -0.1) is 4.72 Å². The van der Waals surface area contributed by atoms with Crippen LogP contribution in [0.5, 0.6) is 0 Å². The Labute approximate surface area is 156 Å². The maximum absolute atomic E-state index is 13.7. The van der Waals surface area contributed by atoms with Crippen LogP contribution >= 0.6 is 0 Å². The predicted molar refractivity (Wildman–Crippen MR) is 98.5 cm³/mol. The van der Waals surface area contributed by atoms with Crippen molar-refractivity contribution in [2.75, 3.05) is 5.32 Å². The molecule has 0 spiro atoms. The lowest BCUT2D eigenvalue weighted by Crippen LogP contribution is -2.41. The van der Waals surface area contributed by atoms with Gasteiger partial charge in [-0.05, 0) is 54.5 Å². The molecule has 0 fully saturated rings. The summed E-state index contributed by atoms with van der Waals surface area (Å²) in [5.41, 5.74) is -1.26. The van der Waals surface area contributed by atoms with Crippen LogP contribution in [0.25, 0.3) is 0 Å². The molecule has 1 rings (SSSR count). The number of ether oxygens (including phenoxy) is 1. The molecule has 2 N–H and O–H groups in total. The van der Waals surface area contributed by atoms with Gasteiger partial charge in [-0.2, -0.15) is 0 Å². The monoisotopic (exact) mass is 391 g/mol. The van der Waals surface area contributed by atoms with Crippen LogP contribution in [0, 0.1) is 0 Å². The Morgan fingerprint density at radius 1 is 1.27 bits per heavy atom. The largest absolute Gasteiger partial charge is 0.598 e. The van der Waals surface area contributed by atoms with Crippen molar-refractivity contribution >= 4 is 23.1 Å². The van der Waals surface area contributed by atoms with Crippen LogP contribution in [-0.4, -0.2) is 26.0 Å². The normalized spacial score (nSPS) is 14.9. The summed E-state index contributed by atoms with van der Waals surface area (Å²) in [5.74, 6) is 0. The highest BCUT2D eigenvalue weighted by atomic mass is 32.2. The van der Waals surface area contributed by atoms with Crippen molar-refractivity contribution < 1.29 is 22.9 Å². The smallest absolute Gasteiger partial charge is 0.412 e. The third-order valence-electron chi connectivity index (χ3n) is 3.12. The molecule has 0 saturated heterocycles. The Bertz CT molecular complexity index is 631. The summed E-state index contributed by atoms with van der Waals surface area (Å²) in [6.45, 7) is 11.9. The van der Waals surface area contributed by atoms with E-state index >= 15 is 0 Å². The molecule has 2 atom stereocenters. The molecule has 6 nitrogen and oxygen atoms in total. The average Bonchev–Trinajstić information content (AvgIpc) is 2.43. The van der Waals surface area contributed by atoms with Gasteiger partial charge in [0.15, 0.2) is 0 Å². The molecule has 0 aliphatic rings. The molecule has 1 aromatic rings. The Morgan fingerprint density at radius 3 is 2.31 bits per heavy atom. The van der Waals surface area contributed by atoms with Crippen LogP contribution in [0.3, 0.4) is 0 Å². The third kappa shape index (κ3) is 6.69. The fourth-order valence-electron chi connectivity index (χ4n) is 1.98. The summed E-state index contributed by atoms with van der Waals surface area (Å²) in [5, 5.41) is 2.34. The van der Waals surface area contributed by atoms with E-state index in [4.69, 9.17) is 4.74 Å². The van der Waals surface area contributed by atoms with Gasteiger partial charge in [0.25, 0.3) is 6.43 Å². The van der Waals surface area contributed by atoms with Gasteiger partial charge in [-0.25, -0.2) is 13.6 Å². The van der Waals surface area contributed by atoms with E-state index in [1.54, 1.807) is 48.5 Å². The Morgan fingerprint density at radius 2 is 1.85 bits per heavy atom. The lowest BCUT2D eigenvalue weighted by Gasteiger charge is -2.27. The maximum Gasteiger partial charge on any atom is 0.412 e. The molecule has 0 bridgehead atoms. The Kier molecular flexibility index (Phi) is 7.38. The standard InChI is InChI=1S/C17H27F2N3O3S/c1-10(22-26(24)17(5,6)7)13-12(14(18)19)11(8-9-20-13)21-15(23)25-16(2,3)4/h8-10,14,22H,1-7H3,(H,20,21,23)/t10-,26+/m1/s1. The Balaban J connectivity index is 3.13. The van der Waals surface area contributed by atoms with E-state index in [1.165, 1.54) is 12.3 Å². The number of nitrogens with one attached hydrogen (secondary N) is 2. The number of nitrogens with zero attached hydrogens (tertiary/aromatic N) is 1. The fourth-order valence-corrected chi connectivity index (χ4v) is 2.77. The molecule has 148 valence electrons. The number of carbonyl (C=O) groups excluding carboxylic acids is 1. The number of hydrogen-bond donors (Lipinski definition) is 2. The van der Waals surface area contributed by atoms with Crippen molar-refractivity contribution in [3.63, 3.8) is 0 Å². The molecular weight excluding hydrogens is 364 g/mol. The van der Waals surface area contributed by atoms with Gasteiger partial charge in [0.2, 0.25) is 0 Å². The molecule has 26 heavy (non-hydrogen) atoms. The Hall–Kier alpha value is -1.45. The van der Waals surface area contributed by atoms with Crippen LogP contribution in [0.4, 0.5) is 19.3 Å². The molecule has 1 heterocycles. The zero-order valence-electron chi connectivity index (χ0n) is 16.1. The van der Waals surface area contributed by atoms with Crippen molar-refractivity contribution in [2.45, 2.75) is 71.3 Å². The minimum atomic E-state index is -2.88. The van der Waals surface area contributed by atoms with Crippen LogP contribution in [0.15, 0.2) is 12.3 Å². The fraction of sp³-hybridized carbons (Fsp3) is 0.647. The number of anilines is 1. The first-order chi connectivity index (χ1) is 11.7. The second-order valence-corrected chi connectivity index (χ2v) is 9.80. The molecule has 1 aromatic heterocycles.